The van der Waals surface area contributed by atoms with E-state index < -0.39 is 23.9 Å². The van der Waals surface area contributed by atoms with Gasteiger partial charge in [0, 0.05) is 11.8 Å². The summed E-state index contributed by atoms with van der Waals surface area (Å²) in [6.07, 6.45) is 0. The summed E-state index contributed by atoms with van der Waals surface area (Å²) in [7, 11) is 1.32. The third-order valence-electron chi connectivity index (χ3n) is 2.45. The number of aromatic carboxylic acids is 1. The molecule has 108 valence electrons. The summed E-state index contributed by atoms with van der Waals surface area (Å²) in [5.41, 5.74) is 5.23. The SMILES string of the molecule is COc1cc(NC(=O)C(C)NC(N)=O)ccc1C(=O)O. The Morgan fingerprint density at radius 2 is 2.00 bits per heavy atom. The fourth-order valence-electron chi connectivity index (χ4n) is 1.48. The molecule has 0 spiro atoms. The average Bonchev–Trinajstić information content (AvgIpc) is 2.37. The van der Waals surface area contributed by atoms with Crippen LogP contribution < -0.4 is 21.1 Å². The first-order valence-corrected chi connectivity index (χ1v) is 5.63. The number of methoxy groups -OCH3 is 1. The van der Waals surface area contributed by atoms with Crippen LogP contribution in [0.3, 0.4) is 0 Å². The third-order valence-corrected chi connectivity index (χ3v) is 2.45. The molecule has 0 saturated carbocycles. The van der Waals surface area contributed by atoms with Crippen molar-refractivity contribution in [2.75, 3.05) is 12.4 Å². The molecular formula is C12H15N3O5. The number of hydrogen-bond acceptors (Lipinski definition) is 4. The quantitative estimate of drug-likeness (QED) is 0.620. The number of carbonyl (C=O) groups is 3. The minimum Gasteiger partial charge on any atom is -0.496 e. The molecule has 8 nitrogen and oxygen atoms in total. The van der Waals surface area contributed by atoms with Crippen molar-refractivity contribution >= 4 is 23.6 Å². The summed E-state index contributed by atoms with van der Waals surface area (Å²) < 4.78 is 4.93. The van der Waals surface area contributed by atoms with Gasteiger partial charge in [-0.05, 0) is 19.1 Å². The lowest BCUT2D eigenvalue weighted by molar-refractivity contribution is -0.117. The highest BCUT2D eigenvalue weighted by molar-refractivity contribution is 5.98. The summed E-state index contributed by atoms with van der Waals surface area (Å²) >= 11 is 0. The van der Waals surface area contributed by atoms with Crippen molar-refractivity contribution in [1.29, 1.82) is 0 Å². The van der Waals surface area contributed by atoms with E-state index in [4.69, 9.17) is 15.6 Å². The molecule has 0 saturated heterocycles. The van der Waals surface area contributed by atoms with E-state index >= 15 is 0 Å². The zero-order valence-corrected chi connectivity index (χ0v) is 11.0. The first-order valence-electron chi connectivity index (χ1n) is 5.63. The van der Waals surface area contributed by atoms with Crippen LogP contribution in [0.25, 0.3) is 0 Å². The molecule has 1 atom stereocenters. The monoisotopic (exact) mass is 281 g/mol. The number of carbonyl (C=O) groups excluding carboxylic acids is 2. The predicted octanol–water partition coefficient (Wildman–Crippen LogP) is 0.389. The molecule has 3 amide bonds. The second kappa shape index (κ2) is 6.41. The molecule has 0 aromatic heterocycles. The maximum absolute atomic E-state index is 11.7. The lowest BCUT2D eigenvalue weighted by Gasteiger charge is -2.13. The van der Waals surface area contributed by atoms with E-state index in [1.165, 1.54) is 32.2 Å². The smallest absolute Gasteiger partial charge is 0.339 e. The number of ether oxygens (including phenoxy) is 1. The Balaban J connectivity index is 2.86. The van der Waals surface area contributed by atoms with Crippen molar-refractivity contribution in [3.63, 3.8) is 0 Å². The first kappa shape index (κ1) is 15.3. The number of nitrogens with two attached hydrogens (primary N) is 1. The molecule has 1 aromatic rings. The Morgan fingerprint density at radius 3 is 2.50 bits per heavy atom. The minimum absolute atomic E-state index is 0.0196. The molecule has 0 fully saturated rings. The van der Waals surface area contributed by atoms with Crippen molar-refractivity contribution < 1.29 is 24.2 Å². The van der Waals surface area contributed by atoms with E-state index in [0.717, 1.165) is 0 Å². The second-order valence-electron chi connectivity index (χ2n) is 3.94. The molecule has 0 bridgehead atoms. The normalized spacial score (nSPS) is 11.3. The van der Waals surface area contributed by atoms with E-state index in [2.05, 4.69) is 10.6 Å². The maximum atomic E-state index is 11.7. The molecule has 1 unspecified atom stereocenters. The van der Waals surface area contributed by atoms with Gasteiger partial charge < -0.3 is 26.2 Å². The second-order valence-corrected chi connectivity index (χ2v) is 3.94. The van der Waals surface area contributed by atoms with E-state index in [1.807, 2.05) is 0 Å². The van der Waals surface area contributed by atoms with E-state index in [1.54, 1.807) is 0 Å². The van der Waals surface area contributed by atoms with Gasteiger partial charge in [-0.3, -0.25) is 4.79 Å². The third kappa shape index (κ3) is 3.87. The molecular weight excluding hydrogens is 266 g/mol. The summed E-state index contributed by atoms with van der Waals surface area (Å²) in [5.74, 6) is -1.51. The molecule has 5 N–H and O–H groups in total. The summed E-state index contributed by atoms with van der Waals surface area (Å²) in [6, 6.07) is 2.46. The zero-order chi connectivity index (χ0) is 15.3. The van der Waals surface area contributed by atoms with Gasteiger partial charge >= 0.3 is 12.0 Å². The van der Waals surface area contributed by atoms with Crippen LogP contribution >= 0.6 is 0 Å². The van der Waals surface area contributed by atoms with Gasteiger partial charge in [0.25, 0.3) is 0 Å². The standard InChI is InChI=1S/C12H15N3O5/c1-6(14-12(13)19)10(16)15-7-3-4-8(11(17)18)9(5-7)20-2/h3-6H,1-2H3,(H,15,16)(H,17,18)(H3,13,14,19). The Bertz CT molecular complexity index is 544. The number of urea groups is 1. The zero-order valence-electron chi connectivity index (χ0n) is 11.0. The number of carboxylic acids is 1. The van der Waals surface area contributed by atoms with Crippen LogP contribution in [0, 0.1) is 0 Å². The Kier molecular flexibility index (Phi) is 4.90. The Labute approximate surface area is 114 Å². The van der Waals surface area contributed by atoms with Gasteiger partial charge in [0.15, 0.2) is 0 Å². The topological polar surface area (TPSA) is 131 Å². The molecule has 8 heteroatoms. The predicted molar refractivity (Wildman–Crippen MR) is 70.8 cm³/mol. The summed E-state index contributed by atoms with van der Waals surface area (Å²) in [4.78, 5) is 33.3. The highest BCUT2D eigenvalue weighted by Gasteiger charge is 2.16. The average molecular weight is 281 g/mol. The minimum atomic E-state index is -1.14. The lowest BCUT2D eigenvalue weighted by atomic mass is 10.1. The molecule has 0 heterocycles. The van der Waals surface area contributed by atoms with Crippen LogP contribution in [0.4, 0.5) is 10.5 Å². The number of primary amides is 1. The molecule has 0 aliphatic carbocycles. The van der Waals surface area contributed by atoms with Crippen LogP contribution in [-0.4, -0.2) is 36.2 Å². The van der Waals surface area contributed by atoms with Crippen LogP contribution in [0.5, 0.6) is 5.75 Å². The van der Waals surface area contributed by atoms with Gasteiger partial charge in [-0.15, -0.1) is 0 Å². The van der Waals surface area contributed by atoms with Gasteiger partial charge in [-0.25, -0.2) is 9.59 Å². The van der Waals surface area contributed by atoms with Crippen molar-refractivity contribution in [3.05, 3.63) is 23.8 Å². The fourth-order valence-corrected chi connectivity index (χ4v) is 1.48. The van der Waals surface area contributed by atoms with Crippen LogP contribution in [0.15, 0.2) is 18.2 Å². The summed E-state index contributed by atoms with van der Waals surface area (Å²) in [5, 5.41) is 13.7. The molecule has 0 radical (unpaired) electrons. The highest BCUT2D eigenvalue weighted by Crippen LogP contribution is 2.23. The van der Waals surface area contributed by atoms with Crippen LogP contribution in [0.2, 0.25) is 0 Å². The van der Waals surface area contributed by atoms with Gasteiger partial charge in [-0.2, -0.15) is 0 Å². The summed E-state index contributed by atoms with van der Waals surface area (Å²) in [6.45, 7) is 1.46. The number of nitrogens with one attached hydrogen (secondary N) is 2. The highest BCUT2D eigenvalue weighted by atomic mass is 16.5. The number of hydrogen-bond donors (Lipinski definition) is 4. The number of amides is 3. The maximum Gasteiger partial charge on any atom is 0.339 e. The fraction of sp³-hybridized carbons (Fsp3) is 0.250. The van der Waals surface area contributed by atoms with Gasteiger partial charge in [0.2, 0.25) is 5.91 Å². The molecule has 0 aliphatic heterocycles. The van der Waals surface area contributed by atoms with E-state index in [9.17, 15) is 14.4 Å². The van der Waals surface area contributed by atoms with Gasteiger partial charge in [0.05, 0.1) is 7.11 Å². The van der Waals surface area contributed by atoms with Gasteiger partial charge in [-0.1, -0.05) is 0 Å². The largest absolute Gasteiger partial charge is 0.496 e. The Hall–Kier alpha value is -2.77. The van der Waals surface area contributed by atoms with Crippen LogP contribution in [0.1, 0.15) is 17.3 Å². The number of anilines is 1. The molecule has 0 aliphatic rings. The first-order chi connectivity index (χ1) is 9.35. The van der Waals surface area contributed by atoms with Crippen molar-refractivity contribution in [2.45, 2.75) is 13.0 Å². The van der Waals surface area contributed by atoms with E-state index in [-0.39, 0.29) is 11.3 Å². The van der Waals surface area contributed by atoms with Crippen molar-refractivity contribution in [2.24, 2.45) is 5.73 Å². The number of rotatable bonds is 5. The van der Waals surface area contributed by atoms with Gasteiger partial charge in [0.1, 0.15) is 17.4 Å². The Morgan fingerprint density at radius 1 is 1.35 bits per heavy atom. The number of benzene rings is 1. The van der Waals surface area contributed by atoms with Crippen LogP contribution in [-0.2, 0) is 4.79 Å². The van der Waals surface area contributed by atoms with E-state index in [0.29, 0.717) is 5.69 Å². The lowest BCUT2D eigenvalue weighted by Crippen LogP contribution is -2.44. The number of carboxylic acid groups (broad SMARTS) is 1. The molecule has 20 heavy (non-hydrogen) atoms. The van der Waals surface area contributed by atoms with Crippen molar-refractivity contribution in [3.8, 4) is 5.75 Å². The molecule has 1 aromatic carbocycles. The molecule has 1 rings (SSSR count). The van der Waals surface area contributed by atoms with Crippen molar-refractivity contribution in [1.82, 2.24) is 5.32 Å².